The molecule has 0 bridgehead atoms. The van der Waals surface area contributed by atoms with Crippen LogP contribution in [-0.4, -0.2) is 20.7 Å². The molecule has 0 aliphatic carbocycles. The number of hydrogen-bond acceptors (Lipinski definition) is 4. The van der Waals surface area contributed by atoms with Crippen molar-refractivity contribution in [2.24, 2.45) is 0 Å². The Bertz CT molecular complexity index is 1190. The minimum Gasteiger partial charge on any atom is -0.321 e. The van der Waals surface area contributed by atoms with Gasteiger partial charge in [-0.3, -0.25) is 4.79 Å². The smallest absolute Gasteiger partial charge is 0.255 e. The van der Waals surface area contributed by atoms with Crippen molar-refractivity contribution in [3.8, 4) is 0 Å². The van der Waals surface area contributed by atoms with Crippen molar-refractivity contribution < 1.29 is 4.79 Å². The number of aryl methyl sites for hydroxylation is 3. The molecule has 4 aromatic rings. The lowest BCUT2D eigenvalue weighted by Crippen LogP contribution is -2.12. The number of para-hydroxylation sites is 1. The van der Waals surface area contributed by atoms with Crippen molar-refractivity contribution >= 4 is 39.3 Å². The van der Waals surface area contributed by atoms with Crippen LogP contribution in [0.5, 0.6) is 0 Å². The van der Waals surface area contributed by atoms with E-state index in [2.05, 4.69) is 43.5 Å². The van der Waals surface area contributed by atoms with Gasteiger partial charge in [0.1, 0.15) is 0 Å². The zero-order chi connectivity index (χ0) is 21.6. The van der Waals surface area contributed by atoms with E-state index in [1.807, 2.05) is 78.3 Å². The molecule has 4 rings (SSSR count). The number of nitrogens with zero attached hydrogens (tertiary/aromatic N) is 3. The van der Waals surface area contributed by atoms with Crippen molar-refractivity contribution in [1.82, 2.24) is 14.8 Å². The summed E-state index contributed by atoms with van der Waals surface area (Å²) in [6.07, 6.45) is 0.857. The second-order valence-corrected chi connectivity index (χ2v) is 8.76. The molecule has 1 amide bonds. The topological polar surface area (TPSA) is 59.8 Å². The number of rotatable bonds is 7. The lowest BCUT2D eigenvalue weighted by Gasteiger charge is -2.11. The van der Waals surface area contributed by atoms with E-state index < -0.39 is 0 Å². The van der Waals surface area contributed by atoms with Gasteiger partial charge in [-0.1, -0.05) is 60.2 Å². The van der Waals surface area contributed by atoms with Gasteiger partial charge in [0.15, 0.2) is 5.16 Å². The zero-order valence-corrected chi connectivity index (χ0v) is 19.4. The summed E-state index contributed by atoms with van der Waals surface area (Å²) < 4.78 is 2.44. The summed E-state index contributed by atoms with van der Waals surface area (Å²) in [5.74, 6) is -0.136. The highest BCUT2D eigenvalue weighted by Crippen LogP contribution is 2.33. The maximum atomic E-state index is 12.7. The van der Waals surface area contributed by atoms with E-state index in [0.29, 0.717) is 16.8 Å². The molecule has 5 nitrogen and oxygen atoms in total. The van der Waals surface area contributed by atoms with Crippen LogP contribution >= 0.6 is 27.7 Å². The molecule has 0 spiro atoms. The minimum absolute atomic E-state index is 0.136. The summed E-state index contributed by atoms with van der Waals surface area (Å²) in [5, 5.41) is 8.28. The minimum atomic E-state index is -0.136. The van der Waals surface area contributed by atoms with E-state index in [9.17, 15) is 4.79 Å². The fourth-order valence-electron chi connectivity index (χ4n) is 3.14. The van der Waals surface area contributed by atoms with Crippen molar-refractivity contribution in [1.29, 1.82) is 0 Å². The zero-order valence-electron chi connectivity index (χ0n) is 17.0. The third-order valence-corrected chi connectivity index (χ3v) is 6.08. The molecule has 0 unspecified atom stereocenters. The Morgan fingerprint density at radius 1 is 1.03 bits per heavy atom. The fourth-order valence-corrected chi connectivity index (χ4v) is 4.56. The Morgan fingerprint density at radius 3 is 2.61 bits per heavy atom. The predicted octanol–water partition coefficient (Wildman–Crippen LogP) is 6.00. The largest absolute Gasteiger partial charge is 0.321 e. The number of carbonyl (C=O) groups is 1. The van der Waals surface area contributed by atoms with Gasteiger partial charge >= 0.3 is 0 Å². The van der Waals surface area contributed by atoms with E-state index in [-0.39, 0.29) is 5.91 Å². The first-order valence-electron chi connectivity index (χ1n) is 9.87. The average Bonchev–Trinajstić information content (AvgIpc) is 3.13. The number of hydrogen-bond donors (Lipinski definition) is 1. The maximum Gasteiger partial charge on any atom is 0.255 e. The number of amides is 1. The van der Waals surface area contributed by atoms with Crippen molar-refractivity contribution in [2.45, 2.75) is 29.9 Å². The summed E-state index contributed by atoms with van der Waals surface area (Å²) in [5.41, 5.74) is 3.67. The van der Waals surface area contributed by atoms with Gasteiger partial charge in [-0.05, 0) is 70.9 Å². The Hall–Kier alpha value is -2.90. The third-order valence-electron chi connectivity index (χ3n) is 4.68. The van der Waals surface area contributed by atoms with E-state index in [0.717, 1.165) is 27.7 Å². The monoisotopic (exact) mass is 492 g/mol. The molecule has 0 saturated carbocycles. The van der Waals surface area contributed by atoms with Crippen LogP contribution in [0.2, 0.25) is 0 Å². The second-order valence-electron chi connectivity index (χ2n) is 7.04. The number of benzene rings is 3. The highest BCUT2D eigenvalue weighted by molar-refractivity contribution is 9.10. The molecule has 1 aromatic heterocycles. The van der Waals surface area contributed by atoms with E-state index >= 15 is 0 Å². The normalized spacial score (nSPS) is 10.8. The number of aromatic nitrogens is 3. The summed E-state index contributed by atoms with van der Waals surface area (Å²) >= 11 is 4.87. The first-order valence-corrected chi connectivity index (χ1v) is 11.5. The Morgan fingerprint density at radius 2 is 1.81 bits per heavy atom. The highest BCUT2D eigenvalue weighted by atomic mass is 79.9. The van der Waals surface area contributed by atoms with Crippen LogP contribution in [0.15, 0.2) is 93.6 Å². The maximum absolute atomic E-state index is 12.7. The molecule has 0 saturated heterocycles. The molecule has 7 heteroatoms. The lowest BCUT2D eigenvalue weighted by atomic mass is 10.1. The lowest BCUT2D eigenvalue weighted by molar-refractivity contribution is 0.102. The number of nitrogens with one attached hydrogen (secondary N) is 1. The molecular formula is C24H21BrN4OS. The van der Waals surface area contributed by atoms with Crippen molar-refractivity contribution in [2.75, 3.05) is 5.32 Å². The van der Waals surface area contributed by atoms with Crippen LogP contribution in [0.3, 0.4) is 0 Å². The van der Waals surface area contributed by atoms with Crippen molar-refractivity contribution in [3.05, 3.63) is 100 Å². The molecule has 156 valence electrons. The SMILES string of the molecule is Cc1cccc(C(=O)Nc2ccccc2Sc2nc(Br)nn2CCc2ccccc2)c1. The standard InChI is InChI=1S/C24H21BrN4OS/c1-17-8-7-11-19(16-17)22(30)26-20-12-5-6-13-21(20)31-24-27-23(25)28-29(24)15-14-18-9-3-2-4-10-18/h2-13,16H,14-15H2,1H3,(H,26,30). The quantitative estimate of drug-likeness (QED) is 0.343. The van der Waals surface area contributed by atoms with Gasteiger partial charge in [-0.25, -0.2) is 4.68 Å². The first kappa shape index (κ1) is 21.3. The molecule has 0 fully saturated rings. The number of anilines is 1. The molecule has 0 atom stereocenters. The van der Waals surface area contributed by atoms with Gasteiger partial charge in [0.25, 0.3) is 5.91 Å². The summed E-state index contributed by atoms with van der Waals surface area (Å²) in [6.45, 7) is 2.68. The van der Waals surface area contributed by atoms with Gasteiger partial charge in [0.05, 0.1) is 5.69 Å². The predicted molar refractivity (Wildman–Crippen MR) is 128 cm³/mol. The van der Waals surface area contributed by atoms with E-state index in [1.54, 1.807) is 0 Å². The first-order chi connectivity index (χ1) is 15.1. The van der Waals surface area contributed by atoms with Crippen LogP contribution in [0.4, 0.5) is 5.69 Å². The molecule has 0 aliphatic heterocycles. The third kappa shape index (κ3) is 5.62. The van der Waals surface area contributed by atoms with Crippen LogP contribution in [-0.2, 0) is 13.0 Å². The van der Waals surface area contributed by atoms with Gasteiger partial charge in [0, 0.05) is 17.0 Å². The number of carbonyl (C=O) groups excluding carboxylic acids is 1. The fraction of sp³-hybridized carbons (Fsp3) is 0.125. The Balaban J connectivity index is 1.52. The Kier molecular flexibility index (Phi) is 6.84. The van der Waals surface area contributed by atoms with Crippen LogP contribution in [0.1, 0.15) is 21.5 Å². The average molecular weight is 493 g/mol. The Labute approximate surface area is 194 Å². The van der Waals surface area contributed by atoms with Gasteiger partial charge in [-0.2, -0.15) is 4.98 Å². The number of halogens is 1. The molecule has 0 aliphatic rings. The second kappa shape index (κ2) is 9.94. The van der Waals surface area contributed by atoms with Crippen LogP contribution < -0.4 is 5.32 Å². The van der Waals surface area contributed by atoms with Crippen LogP contribution in [0.25, 0.3) is 0 Å². The molecule has 0 radical (unpaired) electrons. The molecule has 31 heavy (non-hydrogen) atoms. The summed E-state index contributed by atoms with van der Waals surface area (Å²) in [6, 6.07) is 25.6. The molecule has 3 aromatic carbocycles. The van der Waals surface area contributed by atoms with E-state index in [1.165, 1.54) is 17.3 Å². The molecular weight excluding hydrogens is 472 g/mol. The van der Waals surface area contributed by atoms with Crippen LogP contribution in [0, 0.1) is 6.92 Å². The van der Waals surface area contributed by atoms with Gasteiger partial charge in [0.2, 0.25) is 4.73 Å². The summed E-state index contributed by atoms with van der Waals surface area (Å²) in [4.78, 5) is 18.2. The molecule has 1 heterocycles. The highest BCUT2D eigenvalue weighted by Gasteiger charge is 2.14. The van der Waals surface area contributed by atoms with Crippen molar-refractivity contribution in [3.63, 3.8) is 0 Å². The van der Waals surface area contributed by atoms with Gasteiger partial charge < -0.3 is 5.32 Å². The molecule has 1 N–H and O–H groups in total. The van der Waals surface area contributed by atoms with Gasteiger partial charge in [-0.15, -0.1) is 5.10 Å². The summed E-state index contributed by atoms with van der Waals surface area (Å²) in [7, 11) is 0. The van der Waals surface area contributed by atoms with E-state index in [4.69, 9.17) is 0 Å².